The molecular formula is C20H25F3N2O6. The molecule has 3 fully saturated rings. The van der Waals surface area contributed by atoms with Gasteiger partial charge in [-0.25, -0.2) is 9.78 Å². The summed E-state index contributed by atoms with van der Waals surface area (Å²) in [5.41, 5.74) is 0. The molecule has 2 aliphatic heterocycles. The first-order chi connectivity index (χ1) is 14.8. The highest BCUT2D eigenvalue weighted by Crippen LogP contribution is 2.34. The van der Waals surface area contributed by atoms with Gasteiger partial charge in [-0.2, -0.15) is 13.2 Å². The smallest absolute Gasteiger partial charge is 0.475 e. The highest BCUT2D eigenvalue weighted by Gasteiger charge is 2.46. The zero-order chi connectivity index (χ0) is 22.4. The largest absolute Gasteiger partial charge is 0.490 e. The molecule has 1 aliphatic carbocycles. The van der Waals surface area contributed by atoms with Crippen LogP contribution < -0.4 is 4.74 Å². The summed E-state index contributed by atoms with van der Waals surface area (Å²) < 4.78 is 49.1. The molecular weight excluding hydrogens is 421 g/mol. The van der Waals surface area contributed by atoms with Crippen LogP contribution in [0.1, 0.15) is 25.7 Å². The van der Waals surface area contributed by atoms with Gasteiger partial charge in [-0.3, -0.25) is 4.79 Å². The predicted octanol–water partition coefficient (Wildman–Crippen LogP) is 2.28. The molecule has 8 nitrogen and oxygen atoms in total. The van der Waals surface area contributed by atoms with Crippen molar-refractivity contribution in [2.75, 3.05) is 26.4 Å². The molecule has 0 bridgehead atoms. The fourth-order valence-electron chi connectivity index (χ4n) is 4.07. The van der Waals surface area contributed by atoms with E-state index in [2.05, 4.69) is 4.98 Å². The van der Waals surface area contributed by atoms with Crippen LogP contribution in [0.4, 0.5) is 13.2 Å². The van der Waals surface area contributed by atoms with Crippen LogP contribution in [0.25, 0.3) is 0 Å². The number of nitrogens with zero attached hydrogens (tertiary/aromatic N) is 2. The van der Waals surface area contributed by atoms with Crippen molar-refractivity contribution in [1.82, 2.24) is 9.88 Å². The molecule has 31 heavy (non-hydrogen) atoms. The maximum Gasteiger partial charge on any atom is 0.490 e. The number of halogens is 3. The Kier molecular flexibility index (Phi) is 7.71. The summed E-state index contributed by atoms with van der Waals surface area (Å²) in [6, 6.07) is 5.77. The summed E-state index contributed by atoms with van der Waals surface area (Å²) in [4.78, 5) is 28.1. The Labute approximate surface area is 177 Å². The highest BCUT2D eigenvalue weighted by atomic mass is 19.4. The minimum atomic E-state index is -5.08. The number of ether oxygens (including phenoxy) is 3. The van der Waals surface area contributed by atoms with E-state index in [1.807, 2.05) is 23.1 Å². The second-order valence-corrected chi connectivity index (χ2v) is 7.53. The number of carbonyl (C=O) groups is 2. The normalized spacial score (nSPS) is 26.4. The number of amides is 1. The average Bonchev–Trinajstić information content (AvgIpc) is 3.17. The van der Waals surface area contributed by atoms with E-state index in [1.54, 1.807) is 6.20 Å². The van der Waals surface area contributed by atoms with E-state index in [4.69, 9.17) is 24.1 Å². The number of rotatable bonds is 3. The van der Waals surface area contributed by atoms with Crippen LogP contribution >= 0.6 is 0 Å². The Morgan fingerprint density at radius 1 is 1.13 bits per heavy atom. The average molecular weight is 446 g/mol. The summed E-state index contributed by atoms with van der Waals surface area (Å²) in [7, 11) is 0. The topological polar surface area (TPSA) is 98.2 Å². The molecule has 1 aromatic heterocycles. The number of hydrogen-bond donors (Lipinski definition) is 1. The molecule has 1 saturated carbocycles. The molecule has 4 rings (SSSR count). The third kappa shape index (κ3) is 6.07. The van der Waals surface area contributed by atoms with E-state index in [1.165, 1.54) is 0 Å². The monoisotopic (exact) mass is 446 g/mol. The van der Waals surface area contributed by atoms with Gasteiger partial charge in [0.15, 0.2) is 0 Å². The van der Waals surface area contributed by atoms with Crippen molar-refractivity contribution >= 4 is 11.9 Å². The molecule has 1 amide bonds. The number of pyridine rings is 1. The van der Waals surface area contributed by atoms with Crippen molar-refractivity contribution in [3.63, 3.8) is 0 Å². The lowest BCUT2D eigenvalue weighted by Gasteiger charge is -2.41. The first-order valence-corrected chi connectivity index (χ1v) is 10.1. The Balaban J connectivity index is 0.000000339. The number of carbonyl (C=O) groups excluding carboxylic acids is 1. The summed E-state index contributed by atoms with van der Waals surface area (Å²) in [5.74, 6) is -1.75. The lowest BCUT2D eigenvalue weighted by molar-refractivity contribution is -0.192. The van der Waals surface area contributed by atoms with Crippen LogP contribution in [0.15, 0.2) is 24.4 Å². The van der Waals surface area contributed by atoms with Crippen molar-refractivity contribution in [2.24, 2.45) is 5.92 Å². The van der Waals surface area contributed by atoms with Crippen LogP contribution in [-0.2, 0) is 19.1 Å². The fourth-order valence-corrected chi connectivity index (χ4v) is 4.07. The van der Waals surface area contributed by atoms with E-state index in [0.29, 0.717) is 32.2 Å². The molecule has 1 aromatic rings. The third-order valence-corrected chi connectivity index (χ3v) is 5.54. The maximum absolute atomic E-state index is 12.9. The van der Waals surface area contributed by atoms with Gasteiger partial charge < -0.3 is 24.2 Å². The lowest BCUT2D eigenvalue weighted by Crippen LogP contribution is -2.56. The van der Waals surface area contributed by atoms with Crippen molar-refractivity contribution < 1.29 is 42.1 Å². The first-order valence-electron chi connectivity index (χ1n) is 10.1. The standard InChI is InChI=1S/C18H24N2O4.C2HF3O2/c21-18(13-6-10-22-11-7-13)20-9-12-23-17-14(20)4-5-15(17)24-16-3-1-2-8-19-16;3-2(4,5)1(6)7/h1-3,8,13-15,17H,4-7,9-12H2;(H,6,7)/t14-,15+,17+;/m0./s1. The van der Waals surface area contributed by atoms with Gasteiger partial charge in [0.2, 0.25) is 11.8 Å². The van der Waals surface area contributed by atoms with Crippen LogP contribution in [0.3, 0.4) is 0 Å². The highest BCUT2D eigenvalue weighted by molar-refractivity contribution is 5.79. The number of carboxylic acid groups (broad SMARTS) is 1. The number of alkyl halides is 3. The van der Waals surface area contributed by atoms with Crippen molar-refractivity contribution in [1.29, 1.82) is 0 Å². The Morgan fingerprint density at radius 2 is 1.84 bits per heavy atom. The predicted molar refractivity (Wildman–Crippen MR) is 100 cm³/mol. The summed E-state index contributed by atoms with van der Waals surface area (Å²) >= 11 is 0. The second-order valence-electron chi connectivity index (χ2n) is 7.53. The van der Waals surface area contributed by atoms with Crippen molar-refractivity contribution in [3.05, 3.63) is 24.4 Å². The van der Waals surface area contributed by atoms with Crippen LogP contribution in [0.2, 0.25) is 0 Å². The Hall–Kier alpha value is -2.40. The third-order valence-electron chi connectivity index (χ3n) is 5.54. The molecule has 3 heterocycles. The van der Waals surface area contributed by atoms with Gasteiger partial charge >= 0.3 is 12.1 Å². The number of aliphatic carboxylic acids is 1. The fraction of sp³-hybridized carbons (Fsp3) is 0.650. The van der Waals surface area contributed by atoms with Crippen LogP contribution in [0, 0.1) is 5.92 Å². The SMILES string of the molecule is O=C(C1CCOCC1)N1CCO[C@H]2[C@H](Oc3ccccn3)CC[C@@H]21.O=C(O)C(F)(F)F. The van der Waals surface area contributed by atoms with Crippen LogP contribution in [-0.4, -0.2) is 77.7 Å². The van der Waals surface area contributed by atoms with E-state index >= 15 is 0 Å². The van der Waals surface area contributed by atoms with E-state index in [-0.39, 0.29) is 30.1 Å². The lowest BCUT2D eigenvalue weighted by atomic mass is 9.97. The summed E-state index contributed by atoms with van der Waals surface area (Å²) in [6.45, 7) is 2.66. The van der Waals surface area contributed by atoms with Gasteiger partial charge in [0.05, 0.1) is 12.6 Å². The Bertz CT molecular complexity index is 742. The molecule has 0 radical (unpaired) electrons. The minimum absolute atomic E-state index is 0.0322. The van der Waals surface area contributed by atoms with E-state index in [9.17, 15) is 18.0 Å². The molecule has 1 N–H and O–H groups in total. The molecule has 0 spiro atoms. The number of morpholine rings is 1. The molecule has 0 unspecified atom stereocenters. The first kappa shape index (κ1) is 23.3. The van der Waals surface area contributed by atoms with Gasteiger partial charge in [-0.05, 0) is 31.7 Å². The number of carboxylic acids is 1. The van der Waals surface area contributed by atoms with E-state index in [0.717, 1.165) is 25.7 Å². The number of aromatic nitrogens is 1. The minimum Gasteiger partial charge on any atom is -0.475 e. The number of hydrogen-bond acceptors (Lipinski definition) is 6. The molecule has 0 aromatic carbocycles. The van der Waals surface area contributed by atoms with Crippen molar-refractivity contribution in [2.45, 2.75) is 50.1 Å². The van der Waals surface area contributed by atoms with Crippen LogP contribution in [0.5, 0.6) is 5.88 Å². The number of fused-ring (bicyclic) bond motifs is 1. The van der Waals surface area contributed by atoms with Crippen molar-refractivity contribution in [3.8, 4) is 5.88 Å². The van der Waals surface area contributed by atoms with E-state index < -0.39 is 12.1 Å². The zero-order valence-electron chi connectivity index (χ0n) is 16.8. The maximum atomic E-state index is 12.9. The molecule has 2 saturated heterocycles. The molecule has 172 valence electrons. The summed E-state index contributed by atoms with van der Waals surface area (Å²) in [6.07, 6.45) is 0.0493. The summed E-state index contributed by atoms with van der Waals surface area (Å²) in [5, 5.41) is 7.12. The zero-order valence-corrected chi connectivity index (χ0v) is 16.8. The molecule has 3 aliphatic rings. The quantitative estimate of drug-likeness (QED) is 0.761. The van der Waals surface area contributed by atoms with Gasteiger partial charge in [0.1, 0.15) is 12.2 Å². The van der Waals surface area contributed by atoms with Gasteiger partial charge in [-0.15, -0.1) is 0 Å². The Morgan fingerprint density at radius 3 is 2.45 bits per heavy atom. The second kappa shape index (κ2) is 10.3. The van der Waals surface area contributed by atoms with Gasteiger partial charge in [0.25, 0.3) is 0 Å². The van der Waals surface area contributed by atoms with Gasteiger partial charge in [-0.1, -0.05) is 6.07 Å². The molecule has 11 heteroatoms. The molecule has 3 atom stereocenters. The van der Waals surface area contributed by atoms with Gasteiger partial charge in [0, 0.05) is 37.9 Å².